The lowest BCUT2D eigenvalue weighted by Crippen LogP contribution is -2.09. The van der Waals surface area contributed by atoms with Crippen molar-refractivity contribution in [3.8, 4) is 6.07 Å². The number of hydrogen-bond acceptors (Lipinski definition) is 2. The van der Waals surface area contributed by atoms with Gasteiger partial charge < -0.3 is 4.90 Å². The molecule has 0 aliphatic rings. The highest BCUT2D eigenvalue weighted by molar-refractivity contribution is 5.48. The van der Waals surface area contributed by atoms with Crippen LogP contribution in [0.3, 0.4) is 0 Å². The number of nitriles is 1. The average Bonchev–Trinajstić information content (AvgIpc) is 2.52. The van der Waals surface area contributed by atoms with Crippen LogP contribution in [-0.4, -0.2) is 14.1 Å². The summed E-state index contributed by atoms with van der Waals surface area (Å²) in [5, 5.41) is 9.44. The Morgan fingerprint density at radius 2 is 1.81 bits per heavy atom. The fraction of sp³-hybridized carbons (Fsp3) is 0.316. The summed E-state index contributed by atoms with van der Waals surface area (Å²) in [6, 6.07) is 21.2. The highest BCUT2D eigenvalue weighted by Gasteiger charge is 2.11. The number of anilines is 1. The molecule has 21 heavy (non-hydrogen) atoms. The third-order valence-corrected chi connectivity index (χ3v) is 3.75. The van der Waals surface area contributed by atoms with Gasteiger partial charge in [0, 0.05) is 19.8 Å². The lowest BCUT2D eigenvalue weighted by Gasteiger charge is -2.16. The largest absolute Gasteiger partial charge is 0.378 e. The maximum absolute atomic E-state index is 9.44. The molecule has 0 spiro atoms. The van der Waals surface area contributed by atoms with Crippen molar-refractivity contribution in [2.75, 3.05) is 19.0 Å². The lowest BCUT2D eigenvalue weighted by atomic mass is 9.93. The van der Waals surface area contributed by atoms with E-state index < -0.39 is 0 Å². The predicted octanol–water partition coefficient (Wildman–Crippen LogP) is 4.38. The number of rotatable bonds is 6. The fourth-order valence-corrected chi connectivity index (χ4v) is 2.48. The molecule has 0 amide bonds. The first-order valence-electron chi connectivity index (χ1n) is 7.41. The second kappa shape index (κ2) is 7.50. The minimum absolute atomic E-state index is 0.0198. The van der Waals surface area contributed by atoms with Crippen molar-refractivity contribution in [1.82, 2.24) is 0 Å². The zero-order valence-electron chi connectivity index (χ0n) is 12.8. The summed E-state index contributed by atoms with van der Waals surface area (Å²) in [7, 11) is 4.05. The van der Waals surface area contributed by atoms with Crippen molar-refractivity contribution in [2.24, 2.45) is 0 Å². The molecule has 2 aromatic carbocycles. The van der Waals surface area contributed by atoms with Gasteiger partial charge in [-0.1, -0.05) is 42.5 Å². The molecule has 0 aromatic heterocycles. The molecule has 0 fully saturated rings. The van der Waals surface area contributed by atoms with Crippen molar-refractivity contribution in [1.29, 1.82) is 5.26 Å². The number of hydrogen-bond donors (Lipinski definition) is 0. The Morgan fingerprint density at radius 1 is 1.05 bits per heavy atom. The van der Waals surface area contributed by atoms with E-state index in [0.29, 0.717) is 0 Å². The van der Waals surface area contributed by atoms with E-state index in [1.54, 1.807) is 0 Å². The first-order valence-corrected chi connectivity index (χ1v) is 7.41. The molecule has 2 rings (SSSR count). The zero-order valence-corrected chi connectivity index (χ0v) is 12.8. The Bertz CT molecular complexity index is 596. The van der Waals surface area contributed by atoms with Crippen molar-refractivity contribution in [2.45, 2.75) is 25.2 Å². The molecular formula is C19H22N2. The van der Waals surface area contributed by atoms with Crippen LogP contribution in [0.4, 0.5) is 5.69 Å². The van der Waals surface area contributed by atoms with Gasteiger partial charge in [-0.05, 0) is 42.5 Å². The van der Waals surface area contributed by atoms with E-state index in [-0.39, 0.29) is 5.92 Å². The van der Waals surface area contributed by atoms with Crippen LogP contribution in [0.2, 0.25) is 0 Å². The smallest absolute Gasteiger partial charge is 0.0713 e. The van der Waals surface area contributed by atoms with E-state index in [2.05, 4.69) is 53.4 Å². The van der Waals surface area contributed by atoms with Crippen molar-refractivity contribution in [3.63, 3.8) is 0 Å². The molecule has 0 bridgehead atoms. The SMILES string of the molecule is CN(C)c1cccc(C(C#N)CCCc2ccccc2)c1. The van der Waals surface area contributed by atoms with Crippen LogP contribution in [-0.2, 0) is 6.42 Å². The molecule has 2 aromatic rings. The van der Waals surface area contributed by atoms with Gasteiger partial charge in [-0.2, -0.15) is 5.26 Å². The second-order valence-electron chi connectivity index (χ2n) is 5.55. The first kappa shape index (κ1) is 15.1. The van der Waals surface area contributed by atoms with Crippen molar-refractivity contribution < 1.29 is 0 Å². The van der Waals surface area contributed by atoms with Crippen LogP contribution in [0.15, 0.2) is 54.6 Å². The minimum atomic E-state index is -0.0198. The Balaban J connectivity index is 1.97. The summed E-state index contributed by atoms with van der Waals surface area (Å²) in [4.78, 5) is 2.07. The second-order valence-corrected chi connectivity index (χ2v) is 5.55. The highest BCUT2D eigenvalue weighted by atomic mass is 15.1. The summed E-state index contributed by atoms with van der Waals surface area (Å²) in [6.45, 7) is 0. The van der Waals surface area contributed by atoms with Gasteiger partial charge in [0.05, 0.1) is 12.0 Å². The van der Waals surface area contributed by atoms with Crippen LogP contribution in [0.1, 0.15) is 29.9 Å². The predicted molar refractivity (Wildman–Crippen MR) is 88.5 cm³/mol. The first-order chi connectivity index (χ1) is 10.2. The number of aryl methyl sites for hydroxylation is 1. The van der Waals surface area contributed by atoms with Gasteiger partial charge in [0.15, 0.2) is 0 Å². The summed E-state index contributed by atoms with van der Waals surface area (Å²) in [5.74, 6) is -0.0198. The van der Waals surface area contributed by atoms with Gasteiger partial charge in [0.2, 0.25) is 0 Å². The van der Waals surface area contributed by atoms with Crippen LogP contribution in [0.5, 0.6) is 0 Å². The monoisotopic (exact) mass is 278 g/mol. The van der Waals surface area contributed by atoms with E-state index in [1.165, 1.54) is 5.56 Å². The normalized spacial score (nSPS) is 11.7. The fourth-order valence-electron chi connectivity index (χ4n) is 2.48. The minimum Gasteiger partial charge on any atom is -0.378 e. The average molecular weight is 278 g/mol. The molecule has 0 radical (unpaired) electrons. The highest BCUT2D eigenvalue weighted by Crippen LogP contribution is 2.25. The maximum Gasteiger partial charge on any atom is 0.0713 e. The van der Waals surface area contributed by atoms with Gasteiger partial charge in [-0.15, -0.1) is 0 Å². The number of nitrogens with zero attached hydrogens (tertiary/aromatic N) is 2. The van der Waals surface area contributed by atoms with Crippen molar-refractivity contribution in [3.05, 3.63) is 65.7 Å². The van der Waals surface area contributed by atoms with Gasteiger partial charge >= 0.3 is 0 Å². The Hall–Kier alpha value is -2.27. The van der Waals surface area contributed by atoms with Crippen molar-refractivity contribution >= 4 is 5.69 Å². The van der Waals surface area contributed by atoms with Crippen LogP contribution in [0.25, 0.3) is 0 Å². The Kier molecular flexibility index (Phi) is 5.40. The summed E-state index contributed by atoms with van der Waals surface area (Å²) in [5.41, 5.74) is 3.61. The van der Waals surface area contributed by atoms with E-state index in [4.69, 9.17) is 0 Å². The van der Waals surface area contributed by atoms with Crippen LogP contribution in [0, 0.1) is 11.3 Å². The van der Waals surface area contributed by atoms with E-state index >= 15 is 0 Å². The molecule has 0 saturated heterocycles. The quantitative estimate of drug-likeness (QED) is 0.784. The molecule has 0 aliphatic heterocycles. The summed E-state index contributed by atoms with van der Waals surface area (Å²) >= 11 is 0. The number of benzene rings is 2. The molecule has 2 heteroatoms. The van der Waals surface area contributed by atoms with E-state index in [0.717, 1.165) is 30.5 Å². The molecule has 0 aliphatic carbocycles. The Labute approximate surface area is 127 Å². The molecule has 0 N–H and O–H groups in total. The standard InChI is InChI=1S/C19H22N2/c1-21(2)19-13-7-11-17(14-19)18(15-20)12-6-10-16-8-4-3-5-9-16/h3-5,7-9,11,13-14,18H,6,10,12H2,1-2H3. The third kappa shape index (κ3) is 4.36. The molecule has 108 valence electrons. The Morgan fingerprint density at radius 3 is 2.48 bits per heavy atom. The summed E-state index contributed by atoms with van der Waals surface area (Å²) in [6.07, 6.45) is 2.98. The molecule has 0 saturated carbocycles. The van der Waals surface area contributed by atoms with E-state index in [1.807, 2.05) is 26.2 Å². The molecule has 2 nitrogen and oxygen atoms in total. The zero-order chi connectivity index (χ0) is 15.1. The van der Waals surface area contributed by atoms with Gasteiger partial charge in [-0.3, -0.25) is 0 Å². The van der Waals surface area contributed by atoms with Crippen LogP contribution >= 0.6 is 0 Å². The van der Waals surface area contributed by atoms with Gasteiger partial charge in [0.25, 0.3) is 0 Å². The molecule has 0 heterocycles. The third-order valence-electron chi connectivity index (χ3n) is 3.75. The lowest BCUT2D eigenvalue weighted by molar-refractivity contribution is 0.683. The molecular weight excluding hydrogens is 256 g/mol. The molecule has 1 atom stereocenters. The topological polar surface area (TPSA) is 27.0 Å². The van der Waals surface area contributed by atoms with E-state index in [9.17, 15) is 5.26 Å². The maximum atomic E-state index is 9.44. The van der Waals surface area contributed by atoms with Gasteiger partial charge in [0.1, 0.15) is 0 Å². The van der Waals surface area contributed by atoms with Gasteiger partial charge in [-0.25, -0.2) is 0 Å². The summed E-state index contributed by atoms with van der Waals surface area (Å²) < 4.78 is 0. The van der Waals surface area contributed by atoms with Crippen LogP contribution < -0.4 is 4.90 Å². The molecule has 1 unspecified atom stereocenters.